The third-order valence-corrected chi connectivity index (χ3v) is 4.71. The average Bonchev–Trinajstić information content (AvgIpc) is 3.30. The molecule has 0 unspecified atom stereocenters. The second kappa shape index (κ2) is 6.68. The van der Waals surface area contributed by atoms with Crippen molar-refractivity contribution in [2.75, 3.05) is 5.32 Å². The van der Waals surface area contributed by atoms with Gasteiger partial charge in [-0.1, -0.05) is 30.3 Å². The van der Waals surface area contributed by atoms with Crippen LogP contribution in [-0.4, -0.2) is 25.7 Å². The molecule has 1 aromatic carbocycles. The molecule has 3 heterocycles. The van der Waals surface area contributed by atoms with E-state index < -0.39 is 0 Å². The van der Waals surface area contributed by atoms with Crippen molar-refractivity contribution in [1.29, 1.82) is 0 Å². The lowest BCUT2D eigenvalue weighted by atomic mass is 10.1. The summed E-state index contributed by atoms with van der Waals surface area (Å²) in [5.74, 6) is -0.215. The molecule has 0 aliphatic heterocycles. The second-order valence-electron chi connectivity index (χ2n) is 6.13. The number of hydrogen-bond donors (Lipinski definition) is 1. The Morgan fingerprint density at radius 1 is 1.23 bits per heavy atom. The van der Waals surface area contributed by atoms with E-state index in [0.717, 1.165) is 16.6 Å². The number of amides is 1. The van der Waals surface area contributed by atoms with Crippen molar-refractivity contribution >= 4 is 33.4 Å². The summed E-state index contributed by atoms with van der Waals surface area (Å²) in [6, 6.07) is 11.8. The van der Waals surface area contributed by atoms with Crippen molar-refractivity contribution < 1.29 is 4.79 Å². The molecule has 3 aromatic heterocycles. The molecular formula is C19H17N5OS. The van der Waals surface area contributed by atoms with Crippen LogP contribution in [0.4, 0.5) is 5.13 Å². The van der Waals surface area contributed by atoms with Gasteiger partial charge in [-0.2, -0.15) is 5.10 Å². The number of nitrogens with zero attached hydrogens (tertiary/aromatic N) is 4. The standard InChI is InChI=1S/C19H17N5OS/c1-12(2)24-17-15(11-21-24)14(18(25)23-19-20-8-9-26-19)10-16(22-17)13-6-4-3-5-7-13/h3-12H,1-2H3,(H,20,23,25). The highest BCUT2D eigenvalue weighted by molar-refractivity contribution is 7.13. The van der Waals surface area contributed by atoms with E-state index in [1.54, 1.807) is 12.4 Å². The van der Waals surface area contributed by atoms with E-state index in [-0.39, 0.29) is 11.9 Å². The smallest absolute Gasteiger partial charge is 0.258 e. The number of thiazole rings is 1. The highest BCUT2D eigenvalue weighted by Crippen LogP contribution is 2.27. The molecule has 4 rings (SSSR count). The number of hydrogen-bond acceptors (Lipinski definition) is 5. The van der Waals surface area contributed by atoms with Crippen LogP contribution in [0.15, 0.2) is 54.2 Å². The van der Waals surface area contributed by atoms with Crippen LogP contribution >= 0.6 is 11.3 Å². The molecule has 0 aliphatic rings. The number of aromatic nitrogens is 4. The van der Waals surface area contributed by atoms with Gasteiger partial charge in [0.1, 0.15) is 0 Å². The highest BCUT2D eigenvalue weighted by Gasteiger charge is 2.19. The Morgan fingerprint density at radius 2 is 2.04 bits per heavy atom. The third-order valence-electron chi connectivity index (χ3n) is 4.02. The van der Waals surface area contributed by atoms with Crippen molar-refractivity contribution in [2.45, 2.75) is 19.9 Å². The maximum atomic E-state index is 12.9. The molecule has 0 fully saturated rings. The van der Waals surface area contributed by atoms with Gasteiger partial charge in [-0.25, -0.2) is 14.6 Å². The van der Waals surface area contributed by atoms with Crippen LogP contribution in [-0.2, 0) is 0 Å². The van der Waals surface area contributed by atoms with Gasteiger partial charge < -0.3 is 0 Å². The molecule has 1 N–H and O–H groups in total. The molecule has 26 heavy (non-hydrogen) atoms. The highest BCUT2D eigenvalue weighted by atomic mass is 32.1. The zero-order chi connectivity index (χ0) is 18.1. The molecule has 0 saturated heterocycles. The third kappa shape index (κ3) is 2.97. The van der Waals surface area contributed by atoms with Gasteiger partial charge in [0, 0.05) is 23.2 Å². The van der Waals surface area contributed by atoms with E-state index in [2.05, 4.69) is 15.4 Å². The van der Waals surface area contributed by atoms with Gasteiger partial charge in [-0.3, -0.25) is 10.1 Å². The summed E-state index contributed by atoms with van der Waals surface area (Å²) in [6.07, 6.45) is 3.36. The molecule has 0 radical (unpaired) electrons. The molecular weight excluding hydrogens is 346 g/mol. The zero-order valence-corrected chi connectivity index (χ0v) is 15.2. The largest absolute Gasteiger partial charge is 0.298 e. The topological polar surface area (TPSA) is 72.7 Å². The number of nitrogens with one attached hydrogen (secondary N) is 1. The quantitative estimate of drug-likeness (QED) is 0.584. The number of pyridine rings is 1. The summed E-state index contributed by atoms with van der Waals surface area (Å²) in [6.45, 7) is 4.08. The van der Waals surface area contributed by atoms with Gasteiger partial charge in [0.15, 0.2) is 10.8 Å². The van der Waals surface area contributed by atoms with Gasteiger partial charge in [0.05, 0.1) is 22.8 Å². The van der Waals surface area contributed by atoms with E-state index in [4.69, 9.17) is 4.98 Å². The predicted molar refractivity (Wildman–Crippen MR) is 103 cm³/mol. The second-order valence-corrected chi connectivity index (χ2v) is 7.03. The van der Waals surface area contributed by atoms with Crippen molar-refractivity contribution in [2.24, 2.45) is 0 Å². The van der Waals surface area contributed by atoms with E-state index in [1.807, 2.05) is 60.3 Å². The average molecular weight is 363 g/mol. The van der Waals surface area contributed by atoms with Crippen LogP contribution in [0.2, 0.25) is 0 Å². The molecule has 1 amide bonds. The SMILES string of the molecule is CC(C)n1ncc2c(C(=O)Nc3nccs3)cc(-c3ccccc3)nc21. The Bertz CT molecular complexity index is 1050. The Kier molecular flexibility index (Phi) is 4.22. The normalized spacial score (nSPS) is 11.2. The maximum Gasteiger partial charge on any atom is 0.258 e. The fraction of sp³-hybridized carbons (Fsp3) is 0.158. The van der Waals surface area contributed by atoms with Gasteiger partial charge in [0.2, 0.25) is 0 Å². The van der Waals surface area contributed by atoms with E-state index in [9.17, 15) is 4.79 Å². The molecule has 7 heteroatoms. The van der Waals surface area contributed by atoms with E-state index in [0.29, 0.717) is 16.3 Å². The summed E-state index contributed by atoms with van der Waals surface area (Å²) >= 11 is 1.38. The first-order valence-corrected chi connectivity index (χ1v) is 9.16. The Hall–Kier alpha value is -3.06. The lowest BCUT2D eigenvalue weighted by Crippen LogP contribution is -2.13. The summed E-state index contributed by atoms with van der Waals surface area (Å²) in [7, 11) is 0. The lowest BCUT2D eigenvalue weighted by Gasteiger charge is -2.10. The molecule has 0 saturated carbocycles. The van der Waals surface area contributed by atoms with Crippen LogP contribution in [0.25, 0.3) is 22.3 Å². The first kappa shape index (κ1) is 16.4. The molecule has 130 valence electrons. The Balaban J connectivity index is 1.88. The van der Waals surface area contributed by atoms with Crippen molar-refractivity contribution in [3.8, 4) is 11.3 Å². The first-order chi connectivity index (χ1) is 12.6. The van der Waals surface area contributed by atoms with E-state index in [1.165, 1.54) is 11.3 Å². The Morgan fingerprint density at radius 3 is 2.73 bits per heavy atom. The minimum Gasteiger partial charge on any atom is -0.298 e. The summed E-state index contributed by atoms with van der Waals surface area (Å²) in [4.78, 5) is 21.8. The van der Waals surface area contributed by atoms with Crippen LogP contribution in [0.5, 0.6) is 0 Å². The van der Waals surface area contributed by atoms with Gasteiger partial charge >= 0.3 is 0 Å². The fourth-order valence-corrected chi connectivity index (χ4v) is 3.31. The van der Waals surface area contributed by atoms with E-state index >= 15 is 0 Å². The van der Waals surface area contributed by atoms with Crippen LogP contribution in [0.3, 0.4) is 0 Å². The first-order valence-electron chi connectivity index (χ1n) is 8.28. The number of carbonyl (C=O) groups excluding carboxylic acids is 1. The van der Waals surface area contributed by atoms with Crippen LogP contribution in [0.1, 0.15) is 30.2 Å². The van der Waals surface area contributed by atoms with Crippen molar-refractivity contribution in [3.05, 3.63) is 59.7 Å². The predicted octanol–water partition coefficient (Wildman–Crippen LogP) is 4.39. The number of benzene rings is 1. The maximum absolute atomic E-state index is 12.9. The summed E-state index contributed by atoms with van der Waals surface area (Å²) < 4.78 is 1.84. The van der Waals surface area contributed by atoms with Crippen LogP contribution in [0, 0.1) is 0 Å². The molecule has 6 nitrogen and oxygen atoms in total. The van der Waals surface area contributed by atoms with Gasteiger partial charge in [0.25, 0.3) is 5.91 Å². The molecule has 0 aliphatic carbocycles. The van der Waals surface area contributed by atoms with Crippen molar-refractivity contribution in [1.82, 2.24) is 19.7 Å². The number of anilines is 1. The number of carbonyl (C=O) groups is 1. The minimum absolute atomic E-state index is 0.140. The Labute approximate surface area is 154 Å². The van der Waals surface area contributed by atoms with Crippen molar-refractivity contribution in [3.63, 3.8) is 0 Å². The van der Waals surface area contributed by atoms with Gasteiger partial charge in [-0.15, -0.1) is 11.3 Å². The fourth-order valence-electron chi connectivity index (χ4n) is 2.79. The zero-order valence-electron chi connectivity index (χ0n) is 14.4. The molecule has 4 aromatic rings. The molecule has 0 atom stereocenters. The summed E-state index contributed by atoms with van der Waals surface area (Å²) in [5.41, 5.74) is 2.93. The van der Waals surface area contributed by atoms with Gasteiger partial charge in [-0.05, 0) is 19.9 Å². The molecule has 0 spiro atoms. The summed E-state index contributed by atoms with van der Waals surface area (Å²) in [5, 5.41) is 10.4. The monoisotopic (exact) mass is 363 g/mol. The molecule has 0 bridgehead atoms. The number of rotatable bonds is 4. The number of fused-ring (bicyclic) bond motifs is 1. The lowest BCUT2D eigenvalue weighted by molar-refractivity contribution is 0.102. The minimum atomic E-state index is -0.215. The van der Waals surface area contributed by atoms with Crippen LogP contribution < -0.4 is 5.32 Å².